The van der Waals surface area contributed by atoms with Crippen molar-refractivity contribution >= 4 is 10.0 Å². The van der Waals surface area contributed by atoms with Crippen LogP contribution in [0.1, 0.15) is 45.2 Å². The first-order valence-corrected chi connectivity index (χ1v) is 8.97. The molecule has 114 valence electrons. The van der Waals surface area contributed by atoms with Crippen LogP contribution in [-0.2, 0) is 23.1 Å². The van der Waals surface area contributed by atoms with Crippen LogP contribution in [0.5, 0.6) is 0 Å². The minimum atomic E-state index is -3.37. The normalized spacial score (nSPS) is 15.7. The number of sulfonamides is 1. The summed E-state index contributed by atoms with van der Waals surface area (Å²) < 4.78 is 29.0. The quantitative estimate of drug-likeness (QED) is 0.684. The van der Waals surface area contributed by atoms with E-state index in [-0.39, 0.29) is 0 Å². The van der Waals surface area contributed by atoms with Crippen LogP contribution in [-0.4, -0.2) is 25.6 Å². The van der Waals surface area contributed by atoms with Gasteiger partial charge in [-0.15, -0.1) is 0 Å². The predicted molar refractivity (Wildman–Crippen MR) is 80.1 cm³/mol. The lowest BCUT2D eigenvalue weighted by atomic mass is 10.3. The van der Waals surface area contributed by atoms with Crippen LogP contribution in [0.3, 0.4) is 0 Å². The van der Waals surface area contributed by atoms with Gasteiger partial charge in [0.2, 0.25) is 10.0 Å². The van der Waals surface area contributed by atoms with Crippen molar-refractivity contribution in [3.8, 4) is 0 Å². The Hall–Kier alpha value is -0.850. The van der Waals surface area contributed by atoms with E-state index in [0.717, 1.165) is 31.6 Å². The lowest BCUT2D eigenvalue weighted by molar-refractivity contribution is 0.578. The van der Waals surface area contributed by atoms with E-state index in [1.807, 2.05) is 18.4 Å². The minimum Gasteiger partial charge on any atom is -0.349 e. The summed E-state index contributed by atoms with van der Waals surface area (Å²) in [4.78, 5) is 0.378. The molecule has 5 nitrogen and oxygen atoms in total. The molecule has 20 heavy (non-hydrogen) atoms. The zero-order valence-corrected chi connectivity index (χ0v) is 13.2. The first kappa shape index (κ1) is 15.5. The highest BCUT2D eigenvalue weighted by atomic mass is 32.2. The Morgan fingerprint density at radius 1 is 1.35 bits per heavy atom. The van der Waals surface area contributed by atoms with Gasteiger partial charge in [-0.25, -0.2) is 13.1 Å². The minimum absolute atomic E-state index is 0.378. The molecule has 2 rings (SSSR count). The molecule has 1 saturated carbocycles. The highest BCUT2D eigenvalue weighted by molar-refractivity contribution is 7.89. The second-order valence-electron chi connectivity index (χ2n) is 5.36. The molecule has 0 atom stereocenters. The summed E-state index contributed by atoms with van der Waals surface area (Å²) >= 11 is 0. The second-order valence-corrected chi connectivity index (χ2v) is 7.13. The Kier molecular flexibility index (Phi) is 5.23. The Bertz CT molecular complexity index is 533. The van der Waals surface area contributed by atoms with Crippen molar-refractivity contribution in [2.75, 3.05) is 6.54 Å². The van der Waals surface area contributed by atoms with Gasteiger partial charge in [0.15, 0.2) is 0 Å². The van der Waals surface area contributed by atoms with E-state index in [4.69, 9.17) is 0 Å². The largest absolute Gasteiger partial charge is 0.349 e. The Balaban J connectivity index is 2.06. The van der Waals surface area contributed by atoms with E-state index in [1.165, 1.54) is 12.8 Å². The van der Waals surface area contributed by atoms with Crippen LogP contribution in [0.2, 0.25) is 0 Å². The first-order valence-electron chi connectivity index (χ1n) is 7.49. The summed E-state index contributed by atoms with van der Waals surface area (Å²) in [6, 6.07) is 2.41. The summed E-state index contributed by atoms with van der Waals surface area (Å²) in [5.74, 6) is 0. The molecule has 2 N–H and O–H groups in total. The van der Waals surface area contributed by atoms with Crippen LogP contribution in [0.15, 0.2) is 17.2 Å². The van der Waals surface area contributed by atoms with Gasteiger partial charge in [0, 0.05) is 37.6 Å². The van der Waals surface area contributed by atoms with Gasteiger partial charge in [0.05, 0.1) is 4.90 Å². The fourth-order valence-corrected chi connectivity index (χ4v) is 3.25. The molecule has 0 radical (unpaired) electrons. The van der Waals surface area contributed by atoms with Crippen molar-refractivity contribution in [2.45, 2.75) is 63.6 Å². The number of hydrogen-bond donors (Lipinski definition) is 2. The van der Waals surface area contributed by atoms with E-state index in [1.54, 1.807) is 12.3 Å². The summed E-state index contributed by atoms with van der Waals surface area (Å²) in [5, 5.41) is 3.43. The fraction of sp³-hybridized carbons (Fsp3) is 0.714. The zero-order chi connectivity index (χ0) is 14.6. The van der Waals surface area contributed by atoms with E-state index < -0.39 is 10.0 Å². The molecule has 1 aliphatic carbocycles. The van der Waals surface area contributed by atoms with Crippen LogP contribution in [0, 0.1) is 0 Å². The third-order valence-corrected chi connectivity index (χ3v) is 5.01. The van der Waals surface area contributed by atoms with Crippen LogP contribution < -0.4 is 10.0 Å². The molecule has 6 heteroatoms. The van der Waals surface area contributed by atoms with Crippen molar-refractivity contribution in [2.24, 2.45) is 0 Å². The van der Waals surface area contributed by atoms with Gasteiger partial charge in [0.25, 0.3) is 0 Å². The highest BCUT2D eigenvalue weighted by Gasteiger charge is 2.22. The predicted octanol–water partition coefficient (Wildman–Crippen LogP) is 1.84. The second kappa shape index (κ2) is 6.74. The van der Waals surface area contributed by atoms with Crippen molar-refractivity contribution in [3.63, 3.8) is 0 Å². The topological polar surface area (TPSA) is 63.1 Å². The maximum atomic E-state index is 12.2. The van der Waals surface area contributed by atoms with E-state index in [9.17, 15) is 8.42 Å². The average Bonchev–Trinajstić information content (AvgIpc) is 3.14. The number of hydrogen-bond acceptors (Lipinski definition) is 3. The lowest BCUT2D eigenvalue weighted by Crippen LogP contribution is -2.24. The number of unbranched alkanes of at least 4 members (excludes halogenated alkanes) is 1. The third-order valence-electron chi connectivity index (χ3n) is 3.58. The monoisotopic (exact) mass is 299 g/mol. The standard InChI is InChI=1S/C14H25N3O2S/c1-3-5-8-16-20(18,19)14-9-13(17(4-2)11-14)10-15-12-6-7-12/h9,11-12,15-16H,3-8,10H2,1-2H3. The summed E-state index contributed by atoms with van der Waals surface area (Å²) in [6.07, 6.45) is 6.05. The van der Waals surface area contributed by atoms with E-state index in [0.29, 0.717) is 17.5 Å². The molecule has 1 aromatic heterocycles. The molecule has 0 spiro atoms. The Morgan fingerprint density at radius 3 is 2.70 bits per heavy atom. The van der Waals surface area contributed by atoms with E-state index >= 15 is 0 Å². The molecule has 1 heterocycles. The van der Waals surface area contributed by atoms with Gasteiger partial charge in [-0.2, -0.15) is 0 Å². The number of nitrogens with one attached hydrogen (secondary N) is 2. The molecule has 0 aromatic carbocycles. The molecular weight excluding hydrogens is 274 g/mol. The maximum absolute atomic E-state index is 12.2. The Labute approximate surface area is 121 Å². The maximum Gasteiger partial charge on any atom is 0.242 e. The third kappa shape index (κ3) is 4.07. The number of aromatic nitrogens is 1. The molecule has 0 unspecified atom stereocenters. The van der Waals surface area contributed by atoms with Crippen molar-refractivity contribution in [1.82, 2.24) is 14.6 Å². The van der Waals surface area contributed by atoms with Crippen molar-refractivity contribution in [3.05, 3.63) is 18.0 Å². The summed E-state index contributed by atoms with van der Waals surface area (Å²) in [5.41, 5.74) is 1.04. The molecule has 1 aliphatic rings. The fourth-order valence-electron chi connectivity index (χ4n) is 2.12. The highest BCUT2D eigenvalue weighted by Crippen LogP contribution is 2.20. The van der Waals surface area contributed by atoms with Gasteiger partial charge in [0.1, 0.15) is 0 Å². The molecular formula is C14H25N3O2S. The first-order chi connectivity index (χ1) is 9.56. The van der Waals surface area contributed by atoms with Crippen LogP contribution in [0.25, 0.3) is 0 Å². The SMILES string of the molecule is CCCCNS(=O)(=O)c1cc(CNC2CC2)n(CC)c1. The lowest BCUT2D eigenvalue weighted by Gasteiger charge is -2.06. The van der Waals surface area contributed by atoms with Gasteiger partial charge in [-0.3, -0.25) is 0 Å². The molecule has 1 fully saturated rings. The number of rotatable bonds is 9. The summed E-state index contributed by atoms with van der Waals surface area (Å²) in [7, 11) is -3.37. The van der Waals surface area contributed by atoms with Gasteiger partial charge < -0.3 is 9.88 Å². The van der Waals surface area contributed by atoms with Crippen LogP contribution in [0.4, 0.5) is 0 Å². The smallest absolute Gasteiger partial charge is 0.242 e. The van der Waals surface area contributed by atoms with Gasteiger partial charge in [-0.05, 0) is 32.3 Å². The average molecular weight is 299 g/mol. The molecule has 0 aliphatic heterocycles. The molecule has 0 saturated heterocycles. The number of nitrogens with zero attached hydrogens (tertiary/aromatic N) is 1. The zero-order valence-electron chi connectivity index (χ0n) is 12.4. The molecule has 0 bridgehead atoms. The molecule has 0 amide bonds. The van der Waals surface area contributed by atoms with Crippen LogP contribution >= 0.6 is 0 Å². The van der Waals surface area contributed by atoms with Gasteiger partial charge in [-0.1, -0.05) is 13.3 Å². The summed E-state index contributed by atoms with van der Waals surface area (Å²) in [6.45, 7) is 6.10. The van der Waals surface area contributed by atoms with Gasteiger partial charge >= 0.3 is 0 Å². The van der Waals surface area contributed by atoms with Crippen molar-refractivity contribution in [1.29, 1.82) is 0 Å². The van der Waals surface area contributed by atoms with Crippen molar-refractivity contribution < 1.29 is 8.42 Å². The Morgan fingerprint density at radius 2 is 2.10 bits per heavy atom. The van der Waals surface area contributed by atoms with E-state index in [2.05, 4.69) is 10.0 Å². The molecule has 1 aromatic rings. The number of aryl methyl sites for hydroxylation is 1.